The van der Waals surface area contributed by atoms with Crippen LogP contribution in [0, 0.1) is 0 Å². The molecule has 148 valence electrons. The highest BCUT2D eigenvalue weighted by atomic mass is 16.5. The first-order valence-corrected chi connectivity index (χ1v) is 10.1. The van der Waals surface area contributed by atoms with E-state index in [9.17, 15) is 4.79 Å². The summed E-state index contributed by atoms with van der Waals surface area (Å²) in [5, 5.41) is 0. The van der Waals surface area contributed by atoms with E-state index in [0.29, 0.717) is 19.6 Å². The van der Waals surface area contributed by atoms with E-state index < -0.39 is 0 Å². The summed E-state index contributed by atoms with van der Waals surface area (Å²) in [5.74, 6) is 1.34. The Hall–Kier alpha value is -3.27. The summed E-state index contributed by atoms with van der Waals surface area (Å²) >= 11 is 0. The summed E-state index contributed by atoms with van der Waals surface area (Å²) in [7, 11) is 0. The fourth-order valence-corrected chi connectivity index (χ4v) is 3.89. The van der Waals surface area contributed by atoms with Crippen LogP contribution in [0.4, 0.5) is 11.4 Å². The maximum Gasteiger partial charge on any atom is 0.239 e. The molecule has 0 spiro atoms. The lowest BCUT2D eigenvalue weighted by atomic mass is 9.93. The van der Waals surface area contributed by atoms with Crippen LogP contribution in [0.15, 0.2) is 72.8 Å². The minimum Gasteiger partial charge on any atom is -0.490 e. The zero-order chi connectivity index (χ0) is 20.2. The maximum atomic E-state index is 13.4. The molecule has 0 aliphatic carbocycles. The van der Waals surface area contributed by atoms with Gasteiger partial charge in [0.1, 0.15) is 0 Å². The second-order valence-electron chi connectivity index (χ2n) is 6.97. The molecule has 0 saturated heterocycles. The second-order valence-corrected chi connectivity index (χ2v) is 6.97. The number of anilines is 2. The van der Waals surface area contributed by atoms with Crippen LogP contribution >= 0.6 is 0 Å². The van der Waals surface area contributed by atoms with E-state index in [-0.39, 0.29) is 11.8 Å². The SMILES string of the molecule is CCOc1ccc(C[C@H]2C(=O)N(c3ccccc3)c3ccccc32)cc1OCC. The average molecular weight is 387 g/mol. The molecule has 1 amide bonds. The first-order chi connectivity index (χ1) is 14.2. The van der Waals surface area contributed by atoms with Crippen molar-refractivity contribution in [3.63, 3.8) is 0 Å². The highest BCUT2D eigenvalue weighted by Gasteiger charge is 2.37. The number of para-hydroxylation sites is 2. The summed E-state index contributed by atoms with van der Waals surface area (Å²) in [4.78, 5) is 15.2. The average Bonchev–Trinajstić information content (AvgIpc) is 3.02. The molecule has 29 heavy (non-hydrogen) atoms. The lowest BCUT2D eigenvalue weighted by Gasteiger charge is -2.18. The van der Waals surface area contributed by atoms with Crippen molar-refractivity contribution in [1.82, 2.24) is 0 Å². The van der Waals surface area contributed by atoms with Gasteiger partial charge in [-0.25, -0.2) is 0 Å². The number of amides is 1. The van der Waals surface area contributed by atoms with Gasteiger partial charge < -0.3 is 9.47 Å². The first-order valence-electron chi connectivity index (χ1n) is 10.1. The van der Waals surface area contributed by atoms with Gasteiger partial charge in [-0.05, 0) is 61.7 Å². The molecule has 1 atom stereocenters. The van der Waals surface area contributed by atoms with Crippen molar-refractivity contribution in [2.75, 3.05) is 18.1 Å². The predicted octanol–water partition coefficient (Wildman–Crippen LogP) is 5.49. The Kier molecular flexibility index (Phi) is 5.52. The fraction of sp³-hybridized carbons (Fsp3) is 0.240. The van der Waals surface area contributed by atoms with Crippen LogP contribution in [0.3, 0.4) is 0 Å². The fourth-order valence-electron chi connectivity index (χ4n) is 3.89. The largest absolute Gasteiger partial charge is 0.490 e. The van der Waals surface area contributed by atoms with Crippen molar-refractivity contribution in [2.24, 2.45) is 0 Å². The van der Waals surface area contributed by atoms with Gasteiger partial charge in [-0.3, -0.25) is 9.69 Å². The van der Waals surface area contributed by atoms with E-state index in [0.717, 1.165) is 34.0 Å². The predicted molar refractivity (Wildman–Crippen MR) is 115 cm³/mol. The van der Waals surface area contributed by atoms with Gasteiger partial charge in [-0.2, -0.15) is 0 Å². The molecule has 0 fully saturated rings. The molecule has 0 unspecified atom stereocenters. The van der Waals surface area contributed by atoms with Gasteiger partial charge in [0, 0.05) is 5.69 Å². The lowest BCUT2D eigenvalue weighted by molar-refractivity contribution is -0.118. The molecule has 1 aliphatic heterocycles. The smallest absolute Gasteiger partial charge is 0.239 e. The number of benzene rings is 3. The van der Waals surface area contributed by atoms with Crippen LogP contribution in [-0.4, -0.2) is 19.1 Å². The van der Waals surface area contributed by atoms with Gasteiger partial charge in [0.15, 0.2) is 11.5 Å². The molecule has 0 saturated carbocycles. The number of hydrogen-bond acceptors (Lipinski definition) is 3. The van der Waals surface area contributed by atoms with Gasteiger partial charge in [0.2, 0.25) is 5.91 Å². The standard InChI is InChI=1S/C25H25NO3/c1-3-28-23-15-14-18(17-24(23)29-4-2)16-21-20-12-8-9-13-22(20)26(25(21)27)19-10-6-5-7-11-19/h5-15,17,21H,3-4,16H2,1-2H3/t21-/m1/s1. The summed E-state index contributed by atoms with van der Waals surface area (Å²) in [6.07, 6.45) is 0.617. The number of carbonyl (C=O) groups excluding carboxylic acids is 1. The van der Waals surface area contributed by atoms with E-state index in [4.69, 9.17) is 9.47 Å². The third kappa shape index (κ3) is 3.70. The molecule has 4 nitrogen and oxygen atoms in total. The van der Waals surface area contributed by atoms with Crippen LogP contribution in [-0.2, 0) is 11.2 Å². The topological polar surface area (TPSA) is 38.8 Å². The molecule has 3 aromatic carbocycles. The summed E-state index contributed by atoms with van der Waals surface area (Å²) < 4.78 is 11.4. The Bertz CT molecular complexity index is 1000. The molecule has 0 N–H and O–H groups in total. The van der Waals surface area contributed by atoms with Crippen molar-refractivity contribution < 1.29 is 14.3 Å². The van der Waals surface area contributed by atoms with Crippen LogP contribution in [0.5, 0.6) is 11.5 Å². The first kappa shape index (κ1) is 19.1. The molecule has 4 heteroatoms. The highest BCUT2D eigenvalue weighted by molar-refractivity contribution is 6.10. The summed E-state index contributed by atoms with van der Waals surface area (Å²) in [5.41, 5.74) is 3.98. The number of carbonyl (C=O) groups is 1. The monoisotopic (exact) mass is 387 g/mol. The molecule has 0 aromatic heterocycles. The van der Waals surface area contributed by atoms with E-state index in [2.05, 4.69) is 6.07 Å². The van der Waals surface area contributed by atoms with Crippen molar-refractivity contribution in [3.05, 3.63) is 83.9 Å². The third-order valence-electron chi connectivity index (χ3n) is 5.13. The number of hydrogen-bond donors (Lipinski definition) is 0. The molecular weight excluding hydrogens is 362 g/mol. The van der Waals surface area contributed by atoms with Crippen LogP contribution in [0.25, 0.3) is 0 Å². The van der Waals surface area contributed by atoms with Gasteiger partial charge in [0.05, 0.1) is 24.8 Å². The molecule has 4 rings (SSSR count). The van der Waals surface area contributed by atoms with Crippen LogP contribution < -0.4 is 14.4 Å². The zero-order valence-electron chi connectivity index (χ0n) is 16.8. The number of nitrogens with zero attached hydrogens (tertiary/aromatic N) is 1. The van der Waals surface area contributed by atoms with E-state index in [1.807, 2.05) is 85.5 Å². The van der Waals surface area contributed by atoms with Gasteiger partial charge in [0.25, 0.3) is 0 Å². The van der Waals surface area contributed by atoms with E-state index in [1.54, 1.807) is 0 Å². The number of rotatable bonds is 7. The van der Waals surface area contributed by atoms with Gasteiger partial charge in [-0.1, -0.05) is 42.5 Å². The Balaban J connectivity index is 1.67. The summed E-state index contributed by atoms with van der Waals surface area (Å²) in [6, 6.07) is 23.8. The number of fused-ring (bicyclic) bond motifs is 1. The van der Waals surface area contributed by atoms with Crippen molar-refractivity contribution >= 4 is 17.3 Å². The Morgan fingerprint density at radius 3 is 2.28 bits per heavy atom. The van der Waals surface area contributed by atoms with E-state index >= 15 is 0 Å². The highest BCUT2D eigenvalue weighted by Crippen LogP contribution is 2.43. The Morgan fingerprint density at radius 2 is 1.52 bits per heavy atom. The minimum absolute atomic E-state index is 0.101. The molecule has 0 radical (unpaired) electrons. The molecule has 0 bridgehead atoms. The quantitative estimate of drug-likeness (QED) is 0.538. The van der Waals surface area contributed by atoms with Crippen molar-refractivity contribution in [2.45, 2.75) is 26.2 Å². The maximum absolute atomic E-state index is 13.4. The molecule has 3 aromatic rings. The molecular formula is C25H25NO3. The molecule has 1 aliphatic rings. The second kappa shape index (κ2) is 8.39. The Labute approximate surface area is 171 Å². The van der Waals surface area contributed by atoms with Crippen LogP contribution in [0.1, 0.15) is 30.9 Å². The normalized spacial score (nSPS) is 15.3. The van der Waals surface area contributed by atoms with Crippen LogP contribution in [0.2, 0.25) is 0 Å². The van der Waals surface area contributed by atoms with Crippen molar-refractivity contribution in [1.29, 1.82) is 0 Å². The Morgan fingerprint density at radius 1 is 0.828 bits per heavy atom. The zero-order valence-corrected chi connectivity index (χ0v) is 16.8. The van der Waals surface area contributed by atoms with Gasteiger partial charge >= 0.3 is 0 Å². The lowest BCUT2D eigenvalue weighted by Crippen LogP contribution is -2.24. The van der Waals surface area contributed by atoms with Gasteiger partial charge in [-0.15, -0.1) is 0 Å². The minimum atomic E-state index is -0.223. The van der Waals surface area contributed by atoms with Crippen molar-refractivity contribution in [3.8, 4) is 11.5 Å². The number of ether oxygens (including phenoxy) is 2. The van der Waals surface area contributed by atoms with E-state index in [1.165, 1.54) is 0 Å². The summed E-state index contributed by atoms with van der Waals surface area (Å²) in [6.45, 7) is 5.06. The third-order valence-corrected chi connectivity index (χ3v) is 5.13. The molecule has 1 heterocycles.